The van der Waals surface area contributed by atoms with Crippen LogP contribution in [0.1, 0.15) is 246 Å². The Kier molecular flexibility index (Phi) is 39.2. The zero-order valence-corrected chi connectivity index (χ0v) is 89.8. The van der Waals surface area contributed by atoms with E-state index in [0.717, 1.165) is 86.4 Å². The van der Waals surface area contributed by atoms with Crippen LogP contribution in [0.15, 0.2) is 247 Å². The van der Waals surface area contributed by atoms with Gasteiger partial charge in [-0.3, -0.25) is 4.79 Å². The largest absolute Gasteiger partial charge is 0.490 e. The average Bonchev–Trinajstić information content (AvgIpc) is 1.62. The van der Waals surface area contributed by atoms with E-state index in [9.17, 15) is 38.4 Å². The number of likely N-dealkylation sites (tertiary alicyclic amines) is 2. The molecule has 33 nitrogen and oxygen atoms in total. The van der Waals surface area contributed by atoms with Gasteiger partial charge in [0.1, 0.15) is 45.4 Å². The first kappa shape index (κ1) is 113. The SMILES string of the molecule is CC(C)(C)OC(=O)N1CC=C(B2OC(C)(C)C(C)(C)O2)CC1.CC(C)(C)OC(=O)N1CCC(c2cccnc2Oc2ccc(C(=O)c3nc4ccccc4[nH]3)cc2)CC1.CCOC(=O)c1ccc(Oc2ncccc2Br)cc1.CCOC(=O)c1ccc(Oc2ncccc2C2=CCN(C(=O)OC(C)(C)C)CC2)cc1.CCOC(=O)c1ccc(Oc2ncccc2C2CCN(C(=O)OC(C)(C)C)CC2)cc1.c1ccc2[nH]cnc2c1. The highest BCUT2D eigenvalue weighted by atomic mass is 79.9. The fourth-order valence-electron chi connectivity index (χ4n) is 15.8. The maximum Gasteiger partial charge on any atom is 0.490 e. The van der Waals surface area contributed by atoms with Gasteiger partial charge in [0.15, 0.2) is 5.82 Å². The van der Waals surface area contributed by atoms with Gasteiger partial charge in [-0.2, -0.15) is 0 Å². The minimum atomic E-state index is -0.520. The molecule has 0 spiro atoms. The molecule has 2 N–H and O–H groups in total. The molecule has 0 unspecified atom stereocenters. The highest BCUT2D eigenvalue weighted by molar-refractivity contribution is 9.10. The molecule has 35 heteroatoms. The summed E-state index contributed by atoms with van der Waals surface area (Å²) in [4.78, 5) is 136. The molecule has 3 fully saturated rings. The number of pyridine rings is 4. The Morgan fingerprint density at radius 1 is 0.396 bits per heavy atom. The Balaban J connectivity index is 0.000000164. The predicted molar refractivity (Wildman–Crippen MR) is 571 cm³/mol. The van der Waals surface area contributed by atoms with Crippen molar-refractivity contribution < 1.29 is 99.8 Å². The third kappa shape index (κ3) is 33.6. The molecule has 0 radical (unpaired) electrons. The van der Waals surface area contributed by atoms with E-state index in [-0.39, 0.29) is 78.2 Å². The van der Waals surface area contributed by atoms with Crippen LogP contribution in [0.25, 0.3) is 27.6 Å². The lowest BCUT2D eigenvalue weighted by Crippen LogP contribution is -2.41. The van der Waals surface area contributed by atoms with Crippen LogP contribution in [0.5, 0.6) is 46.5 Å². The Morgan fingerprint density at radius 3 is 1.15 bits per heavy atom. The highest BCUT2D eigenvalue weighted by Crippen LogP contribution is 2.43. The maximum atomic E-state index is 12.9. The Morgan fingerprint density at radius 2 is 0.758 bits per heavy atom. The number of aromatic amines is 2. The monoisotopic (exact) mass is 2100 g/mol. The van der Waals surface area contributed by atoms with Crippen LogP contribution in [-0.2, 0) is 42.5 Å². The number of carbonyl (C=O) groups is 8. The number of nitrogens with one attached hydrogen (secondary N) is 2. The first-order valence-corrected chi connectivity index (χ1v) is 50.8. The van der Waals surface area contributed by atoms with Crippen molar-refractivity contribution in [2.45, 2.75) is 216 Å². The second-order valence-electron chi connectivity index (χ2n) is 40.4. The molecule has 3 saturated heterocycles. The molecular weight excluding hydrogens is 1960 g/mol. The number of fused-ring (bicyclic) bond motifs is 2. The molecule has 11 heterocycles. The van der Waals surface area contributed by atoms with Gasteiger partial charge in [-0.05, 0) is 367 Å². The first-order valence-electron chi connectivity index (χ1n) is 50.0. The van der Waals surface area contributed by atoms with E-state index >= 15 is 0 Å². The van der Waals surface area contributed by atoms with Gasteiger partial charge >= 0.3 is 49.4 Å². The summed E-state index contributed by atoms with van der Waals surface area (Å²) < 4.78 is 73.4. The molecule has 786 valence electrons. The maximum absolute atomic E-state index is 12.9. The second kappa shape index (κ2) is 51.7. The molecular formula is C114H134BBrN12O21. The van der Waals surface area contributed by atoms with E-state index in [0.29, 0.717) is 153 Å². The Hall–Kier alpha value is -14.8. The van der Waals surface area contributed by atoms with Crippen molar-refractivity contribution in [3.8, 4) is 46.5 Å². The number of piperidine rings is 2. The van der Waals surface area contributed by atoms with Crippen molar-refractivity contribution in [3.63, 3.8) is 0 Å². The molecule has 0 bridgehead atoms. The minimum Gasteiger partial charge on any atom is -0.462 e. The van der Waals surface area contributed by atoms with Gasteiger partial charge in [0.25, 0.3) is 0 Å². The van der Waals surface area contributed by atoms with E-state index < -0.39 is 22.4 Å². The van der Waals surface area contributed by atoms with Crippen LogP contribution in [0.2, 0.25) is 0 Å². The summed E-state index contributed by atoms with van der Waals surface area (Å²) in [6, 6.07) is 58.0. The standard InChI is InChI=1S/C29H30N4O4.C24H30N2O5.C24H28N2O5.C16H28BNO4.C14H12BrNO3.C7H6N2/c1-29(2,3)37-28(35)33-17-14-19(15-18-33)22-7-6-16-30-27(22)36-21-12-10-20(11-13-21)25(34)26-31-23-8-4-5-9-24(23)32-26;2*1-5-29-22(27)18-8-10-19(11-9-18)30-21-20(7-6-14-25-21)17-12-15-26(16-13-17)23(28)31-24(2,3)4;1-14(2,3)20-13(19)18-10-8-12(9-11-18)17-21-15(4,5)16(6,7)22-17;1-2-18-14(17)10-5-7-11(8-6-10)19-13-12(15)4-3-9-16-13;1-2-4-7-6(3-1)8-5-9-7/h4-13,16,19H,14-15,17-18H2,1-3H3,(H,31,32);6-11,14,17H,5,12-13,15-16H2,1-4H3;6-12,14H,5,13,15-16H2,1-4H3;8H,9-11H2,1-7H3;3-9H,2H2,1H3;1-5H,(H,8,9). The molecule has 4 amide bonds. The van der Waals surface area contributed by atoms with Crippen LogP contribution < -0.4 is 18.9 Å². The van der Waals surface area contributed by atoms with Gasteiger partial charge in [0.2, 0.25) is 29.3 Å². The first-order chi connectivity index (χ1) is 70.9. The Labute approximate surface area is 879 Å². The van der Waals surface area contributed by atoms with Crippen molar-refractivity contribution in [2.75, 3.05) is 72.2 Å². The smallest absolute Gasteiger partial charge is 0.462 e. The molecule has 5 aliphatic rings. The predicted octanol–water partition coefficient (Wildman–Crippen LogP) is 24.9. The Bertz CT molecular complexity index is 6510. The summed E-state index contributed by atoms with van der Waals surface area (Å²) in [6.45, 7) is 41.6. The number of hydrogen-bond acceptors (Lipinski definition) is 27. The summed E-state index contributed by atoms with van der Waals surface area (Å²) in [5.41, 5.74) is 8.06. The van der Waals surface area contributed by atoms with Crippen molar-refractivity contribution in [2.24, 2.45) is 0 Å². The van der Waals surface area contributed by atoms with Crippen LogP contribution in [0, 0.1) is 0 Å². The summed E-state index contributed by atoms with van der Waals surface area (Å²) in [5, 5.41) is 0. The number of para-hydroxylation sites is 4. The second-order valence-corrected chi connectivity index (χ2v) is 41.2. The molecule has 0 atom stereocenters. The van der Waals surface area contributed by atoms with Crippen molar-refractivity contribution in [1.82, 2.24) is 59.5 Å². The van der Waals surface area contributed by atoms with Crippen LogP contribution in [0.3, 0.4) is 0 Å². The molecule has 149 heavy (non-hydrogen) atoms. The van der Waals surface area contributed by atoms with Gasteiger partial charge in [0.05, 0.1) is 80.6 Å². The lowest BCUT2D eigenvalue weighted by Gasteiger charge is -2.33. The summed E-state index contributed by atoms with van der Waals surface area (Å²) in [5.74, 6) is 3.91. The normalized spacial score (nSPS) is 15.0. The lowest BCUT2D eigenvalue weighted by atomic mass is 9.75. The van der Waals surface area contributed by atoms with Gasteiger partial charge < -0.3 is 91.0 Å². The van der Waals surface area contributed by atoms with E-state index in [1.165, 1.54) is 0 Å². The van der Waals surface area contributed by atoms with E-state index in [1.54, 1.807) is 175 Å². The quantitative estimate of drug-likeness (QED) is 0.0310. The fourth-order valence-corrected chi connectivity index (χ4v) is 16.1. The topological polar surface area (TPSA) is 378 Å². The number of amides is 4. The third-order valence-electron chi connectivity index (χ3n) is 23.9. The number of H-pyrrole nitrogens is 2. The van der Waals surface area contributed by atoms with Gasteiger partial charge in [-0.1, -0.05) is 48.6 Å². The number of benzene rings is 6. The van der Waals surface area contributed by atoms with Gasteiger partial charge in [-0.15, -0.1) is 0 Å². The number of carbonyl (C=O) groups excluding carboxylic acids is 8. The number of ether oxygens (including phenoxy) is 11. The number of aromatic nitrogens is 8. The number of ketones is 1. The molecule has 17 rings (SSSR count). The molecule has 0 saturated carbocycles. The van der Waals surface area contributed by atoms with Gasteiger partial charge in [-0.25, -0.2) is 63.5 Å². The van der Waals surface area contributed by atoms with Crippen LogP contribution in [-0.4, -0.2) is 220 Å². The minimum absolute atomic E-state index is 0.182. The zero-order valence-electron chi connectivity index (χ0n) is 88.2. The molecule has 6 aromatic carbocycles. The summed E-state index contributed by atoms with van der Waals surface area (Å²) in [6.07, 6.45) is 15.9. The molecule has 5 aliphatic heterocycles. The summed E-state index contributed by atoms with van der Waals surface area (Å²) >= 11 is 3.35. The number of hydrogen-bond donors (Lipinski definition) is 2. The summed E-state index contributed by atoms with van der Waals surface area (Å²) in [7, 11) is -0.314. The number of halogens is 1. The van der Waals surface area contributed by atoms with E-state index in [2.05, 4.69) is 55.8 Å². The number of esters is 3. The van der Waals surface area contributed by atoms with Crippen LogP contribution >= 0.6 is 15.9 Å². The lowest BCUT2D eigenvalue weighted by molar-refractivity contribution is 0.00578. The molecule has 12 aromatic rings. The highest BCUT2D eigenvalue weighted by Gasteiger charge is 2.53. The average molecular weight is 2100 g/mol. The molecule has 6 aromatic heterocycles. The fraction of sp³-hybridized carbons (Fsp3) is 0.386. The van der Waals surface area contributed by atoms with Crippen LogP contribution in [0.4, 0.5) is 19.2 Å². The number of nitrogens with zero attached hydrogens (tertiary/aromatic N) is 10. The van der Waals surface area contributed by atoms with Crippen molar-refractivity contribution >= 4 is 98.8 Å². The number of rotatable bonds is 20. The molecule has 0 aliphatic carbocycles. The third-order valence-corrected chi connectivity index (χ3v) is 24.5. The van der Waals surface area contributed by atoms with Gasteiger partial charge in [0, 0.05) is 99.4 Å². The zero-order chi connectivity index (χ0) is 107. The van der Waals surface area contributed by atoms with Crippen molar-refractivity contribution in [3.05, 3.63) is 292 Å². The van der Waals surface area contributed by atoms with E-state index in [1.807, 2.05) is 214 Å². The number of imidazole rings is 2. The van der Waals surface area contributed by atoms with E-state index in [4.69, 9.17) is 61.4 Å². The van der Waals surface area contributed by atoms with Crippen molar-refractivity contribution in [1.29, 1.82) is 0 Å².